The topological polar surface area (TPSA) is 96.2 Å². The largest absolute Gasteiger partial charge is 0.472 e. The van der Waals surface area contributed by atoms with Crippen LogP contribution in [0.4, 0.5) is 0 Å². The number of nitrogens with zero attached hydrogens (tertiary/aromatic N) is 7. The molecule has 9 nitrogen and oxygen atoms in total. The smallest absolute Gasteiger partial charge is 0.278 e. The van der Waals surface area contributed by atoms with Gasteiger partial charge in [-0.25, -0.2) is 19.1 Å². The van der Waals surface area contributed by atoms with Crippen molar-refractivity contribution in [3.8, 4) is 17.3 Å². The molecule has 0 bridgehead atoms. The summed E-state index contributed by atoms with van der Waals surface area (Å²) in [6.07, 6.45) is 5.45. The Morgan fingerprint density at radius 2 is 2.08 bits per heavy atom. The lowest BCUT2D eigenvalue weighted by atomic mass is 10.3. The molecule has 4 heterocycles. The molecule has 0 aliphatic carbocycles. The molecular weight excluding hydrogens is 322 g/mol. The van der Waals surface area contributed by atoms with Crippen molar-refractivity contribution in [3.63, 3.8) is 0 Å². The summed E-state index contributed by atoms with van der Waals surface area (Å²) in [7, 11) is 0. The summed E-state index contributed by atoms with van der Waals surface area (Å²) in [6.45, 7) is 6.78. The maximum Gasteiger partial charge on any atom is 0.278 e. The quantitative estimate of drug-likeness (QED) is 0.548. The number of imidazole rings is 1. The number of rotatable bonds is 5. The predicted octanol–water partition coefficient (Wildman–Crippen LogP) is 1.98. The summed E-state index contributed by atoms with van der Waals surface area (Å²) >= 11 is 0. The second-order valence-electron chi connectivity index (χ2n) is 5.78. The summed E-state index contributed by atoms with van der Waals surface area (Å²) in [5.74, 6) is 1.21. The van der Waals surface area contributed by atoms with Crippen molar-refractivity contribution in [1.29, 1.82) is 0 Å². The predicted molar refractivity (Wildman–Crippen MR) is 88.2 cm³/mol. The number of ether oxygens (including phenoxy) is 1. The van der Waals surface area contributed by atoms with E-state index in [1.807, 2.05) is 35.2 Å². The van der Waals surface area contributed by atoms with Crippen LogP contribution in [0.25, 0.3) is 17.0 Å². The van der Waals surface area contributed by atoms with Gasteiger partial charge in [-0.15, -0.1) is 0 Å². The van der Waals surface area contributed by atoms with Gasteiger partial charge in [0, 0.05) is 23.8 Å². The molecule has 0 N–H and O–H groups in total. The molecule has 0 aliphatic heterocycles. The molecular formula is C16H17N7O2. The lowest BCUT2D eigenvalue weighted by molar-refractivity contribution is 0.248. The SMILES string of the molecule is Cc1cc(C)n2ncc(-c3nccn3CCOc3nonc3C)c2n1. The molecule has 9 heteroatoms. The molecule has 0 aromatic carbocycles. The third-order valence-corrected chi connectivity index (χ3v) is 3.92. The van der Waals surface area contributed by atoms with Crippen LogP contribution in [0.5, 0.6) is 5.88 Å². The van der Waals surface area contributed by atoms with E-state index < -0.39 is 0 Å². The monoisotopic (exact) mass is 339 g/mol. The Kier molecular flexibility index (Phi) is 3.68. The first-order valence-electron chi connectivity index (χ1n) is 7.89. The molecule has 0 amide bonds. The second-order valence-corrected chi connectivity index (χ2v) is 5.78. The maximum absolute atomic E-state index is 5.60. The lowest BCUT2D eigenvalue weighted by Gasteiger charge is -2.08. The highest BCUT2D eigenvalue weighted by molar-refractivity contribution is 5.72. The van der Waals surface area contributed by atoms with Gasteiger partial charge in [0.05, 0.1) is 18.3 Å². The van der Waals surface area contributed by atoms with Crippen molar-refractivity contribution in [2.24, 2.45) is 0 Å². The molecule has 4 rings (SSSR count). The third-order valence-electron chi connectivity index (χ3n) is 3.92. The highest BCUT2D eigenvalue weighted by atomic mass is 16.6. The van der Waals surface area contributed by atoms with Gasteiger partial charge in [0.1, 0.15) is 18.1 Å². The fourth-order valence-corrected chi connectivity index (χ4v) is 2.76. The number of aromatic nitrogens is 7. The number of aryl methyl sites for hydroxylation is 3. The third kappa shape index (κ3) is 2.73. The molecule has 0 aliphatic rings. The lowest BCUT2D eigenvalue weighted by Crippen LogP contribution is -2.09. The summed E-state index contributed by atoms with van der Waals surface area (Å²) < 4.78 is 14.0. The number of hydrogen-bond donors (Lipinski definition) is 0. The first kappa shape index (κ1) is 15.3. The fraction of sp³-hybridized carbons (Fsp3) is 0.312. The van der Waals surface area contributed by atoms with Crippen molar-refractivity contribution >= 4 is 5.65 Å². The first-order valence-corrected chi connectivity index (χ1v) is 7.89. The van der Waals surface area contributed by atoms with E-state index in [4.69, 9.17) is 4.74 Å². The fourth-order valence-electron chi connectivity index (χ4n) is 2.76. The summed E-state index contributed by atoms with van der Waals surface area (Å²) in [4.78, 5) is 9.08. The van der Waals surface area contributed by atoms with Crippen LogP contribution in [0, 0.1) is 20.8 Å². The molecule has 0 spiro atoms. The Hall–Kier alpha value is -3.23. The van der Waals surface area contributed by atoms with Gasteiger partial charge in [0.2, 0.25) is 0 Å². The molecule has 0 saturated carbocycles. The summed E-state index contributed by atoms with van der Waals surface area (Å²) in [5.41, 5.74) is 4.29. The Morgan fingerprint density at radius 1 is 1.20 bits per heavy atom. The van der Waals surface area contributed by atoms with Gasteiger partial charge in [-0.05, 0) is 32.0 Å². The maximum atomic E-state index is 5.60. The van der Waals surface area contributed by atoms with E-state index in [0.717, 1.165) is 28.4 Å². The van der Waals surface area contributed by atoms with Crippen LogP contribution in [0.3, 0.4) is 0 Å². The molecule has 0 atom stereocenters. The zero-order chi connectivity index (χ0) is 17.4. The van der Waals surface area contributed by atoms with Crippen molar-refractivity contribution in [1.82, 2.24) is 34.5 Å². The van der Waals surface area contributed by atoms with Gasteiger partial charge >= 0.3 is 0 Å². The van der Waals surface area contributed by atoms with E-state index in [2.05, 4.69) is 30.0 Å². The van der Waals surface area contributed by atoms with Crippen LogP contribution in [0.15, 0.2) is 29.3 Å². The van der Waals surface area contributed by atoms with Gasteiger partial charge in [-0.3, -0.25) is 0 Å². The molecule has 0 radical (unpaired) electrons. The van der Waals surface area contributed by atoms with Gasteiger partial charge in [-0.1, -0.05) is 5.16 Å². The molecule has 25 heavy (non-hydrogen) atoms. The molecule has 4 aromatic heterocycles. The van der Waals surface area contributed by atoms with Crippen LogP contribution in [0.1, 0.15) is 17.1 Å². The van der Waals surface area contributed by atoms with Gasteiger partial charge < -0.3 is 9.30 Å². The Balaban J connectivity index is 1.60. The average Bonchev–Trinajstić information content (AvgIpc) is 3.28. The molecule has 0 saturated heterocycles. The first-order chi connectivity index (χ1) is 12.1. The van der Waals surface area contributed by atoms with Gasteiger partial charge in [0.15, 0.2) is 5.65 Å². The van der Waals surface area contributed by atoms with Gasteiger partial charge in [-0.2, -0.15) is 5.10 Å². The van der Waals surface area contributed by atoms with E-state index in [9.17, 15) is 0 Å². The van der Waals surface area contributed by atoms with E-state index >= 15 is 0 Å². The van der Waals surface area contributed by atoms with Crippen molar-refractivity contribution in [2.45, 2.75) is 27.3 Å². The zero-order valence-corrected chi connectivity index (χ0v) is 14.2. The minimum atomic E-state index is 0.408. The highest BCUT2D eigenvalue weighted by Gasteiger charge is 2.15. The minimum Gasteiger partial charge on any atom is -0.472 e. The van der Waals surface area contributed by atoms with Crippen LogP contribution in [0.2, 0.25) is 0 Å². The van der Waals surface area contributed by atoms with Crippen LogP contribution in [-0.4, -0.2) is 41.1 Å². The van der Waals surface area contributed by atoms with E-state index in [1.54, 1.807) is 19.3 Å². The summed E-state index contributed by atoms with van der Waals surface area (Å²) in [5, 5.41) is 11.8. The molecule has 0 fully saturated rings. The van der Waals surface area contributed by atoms with Crippen molar-refractivity contribution in [2.75, 3.05) is 6.61 Å². The molecule has 128 valence electrons. The van der Waals surface area contributed by atoms with Crippen molar-refractivity contribution < 1.29 is 9.37 Å². The van der Waals surface area contributed by atoms with Crippen LogP contribution < -0.4 is 4.74 Å². The molecule has 0 unspecified atom stereocenters. The van der Waals surface area contributed by atoms with E-state index in [0.29, 0.717) is 24.7 Å². The second kappa shape index (κ2) is 6.00. The van der Waals surface area contributed by atoms with E-state index in [-0.39, 0.29) is 0 Å². The number of fused-ring (bicyclic) bond motifs is 1. The number of hydrogen-bond acceptors (Lipinski definition) is 7. The van der Waals surface area contributed by atoms with E-state index in [1.165, 1.54) is 0 Å². The Bertz CT molecular complexity index is 1030. The highest BCUT2D eigenvalue weighted by Crippen LogP contribution is 2.23. The Labute approximate surface area is 143 Å². The van der Waals surface area contributed by atoms with Crippen LogP contribution >= 0.6 is 0 Å². The average molecular weight is 339 g/mol. The Morgan fingerprint density at radius 3 is 2.88 bits per heavy atom. The minimum absolute atomic E-state index is 0.408. The van der Waals surface area contributed by atoms with Gasteiger partial charge in [0.25, 0.3) is 5.88 Å². The zero-order valence-electron chi connectivity index (χ0n) is 14.2. The summed E-state index contributed by atoms with van der Waals surface area (Å²) in [6, 6.07) is 2.00. The molecule has 4 aromatic rings. The normalized spacial score (nSPS) is 11.3. The van der Waals surface area contributed by atoms with Crippen molar-refractivity contribution in [3.05, 3.63) is 41.7 Å². The van der Waals surface area contributed by atoms with Crippen LogP contribution in [-0.2, 0) is 6.54 Å². The standard InChI is InChI=1S/C16H17N7O2/c1-10-8-11(2)23-15(19-10)13(9-18-23)14-17-4-5-22(14)6-7-24-16-12(3)20-25-21-16/h4-5,8-9H,6-7H2,1-3H3.